The molecule has 4 nitrogen and oxygen atoms in total. The van der Waals surface area contributed by atoms with Gasteiger partial charge in [-0.15, -0.1) is 10.2 Å². The summed E-state index contributed by atoms with van der Waals surface area (Å²) in [6.45, 7) is 2.62. The van der Waals surface area contributed by atoms with Crippen LogP contribution < -0.4 is 5.32 Å². The van der Waals surface area contributed by atoms with Crippen molar-refractivity contribution in [3.63, 3.8) is 0 Å². The Morgan fingerprint density at radius 3 is 2.27 bits per heavy atom. The van der Waals surface area contributed by atoms with E-state index in [0.29, 0.717) is 12.0 Å². The highest BCUT2D eigenvalue weighted by Crippen LogP contribution is 2.61. The molecule has 1 N–H and O–H groups in total. The van der Waals surface area contributed by atoms with Crippen LogP contribution in [0.5, 0.6) is 0 Å². The third-order valence-electron chi connectivity index (χ3n) is 5.95. The fourth-order valence-corrected chi connectivity index (χ4v) is 6.31. The predicted molar refractivity (Wildman–Crippen MR) is 86.4 cm³/mol. The van der Waals surface area contributed by atoms with E-state index in [1.165, 1.54) is 38.5 Å². The average Bonchev–Trinajstić information content (AvgIpc) is 2.91. The molecule has 22 heavy (non-hydrogen) atoms. The van der Waals surface area contributed by atoms with Crippen molar-refractivity contribution in [2.75, 3.05) is 0 Å². The monoisotopic (exact) mass is 319 g/mol. The van der Waals surface area contributed by atoms with Crippen molar-refractivity contribution in [1.29, 1.82) is 0 Å². The highest BCUT2D eigenvalue weighted by Gasteiger charge is 2.51. The minimum absolute atomic E-state index is 0.218. The van der Waals surface area contributed by atoms with Gasteiger partial charge in [0.05, 0.1) is 6.54 Å². The van der Waals surface area contributed by atoms with Crippen molar-refractivity contribution in [1.82, 2.24) is 15.5 Å². The molecule has 4 aliphatic rings. The fourth-order valence-electron chi connectivity index (χ4n) is 5.59. The lowest BCUT2D eigenvalue weighted by Gasteiger charge is -2.56. The minimum atomic E-state index is 0.218. The summed E-state index contributed by atoms with van der Waals surface area (Å²) in [4.78, 5) is 12.4. The molecule has 0 aromatic carbocycles. The number of hydrogen-bond acceptors (Lipinski definition) is 4. The summed E-state index contributed by atoms with van der Waals surface area (Å²) in [7, 11) is 0. The minimum Gasteiger partial charge on any atom is -0.349 e. The molecular formula is C17H25N3OS. The number of nitrogens with zero attached hydrogens (tertiary/aromatic N) is 2. The Labute approximate surface area is 136 Å². The molecule has 0 spiro atoms. The number of amides is 1. The van der Waals surface area contributed by atoms with E-state index in [2.05, 4.69) is 22.4 Å². The Kier molecular flexibility index (Phi) is 3.71. The van der Waals surface area contributed by atoms with Crippen molar-refractivity contribution in [2.45, 2.75) is 64.8 Å². The largest absolute Gasteiger partial charge is 0.349 e. The summed E-state index contributed by atoms with van der Waals surface area (Å²) in [5.41, 5.74) is 0.328. The van der Waals surface area contributed by atoms with Gasteiger partial charge in [0.15, 0.2) is 0 Å². The van der Waals surface area contributed by atoms with E-state index in [1.54, 1.807) is 11.3 Å². The number of nitrogens with one attached hydrogen (secondary N) is 1. The maximum Gasteiger partial charge on any atom is 0.220 e. The molecule has 0 aliphatic heterocycles. The van der Waals surface area contributed by atoms with Crippen LogP contribution in [0.4, 0.5) is 0 Å². The van der Waals surface area contributed by atoms with E-state index in [4.69, 9.17) is 0 Å². The Morgan fingerprint density at radius 2 is 1.73 bits per heavy atom. The van der Waals surface area contributed by atoms with Crippen LogP contribution in [0.15, 0.2) is 0 Å². The van der Waals surface area contributed by atoms with Crippen LogP contribution in [-0.2, 0) is 17.8 Å². The molecule has 1 heterocycles. The van der Waals surface area contributed by atoms with Gasteiger partial charge in [0.25, 0.3) is 0 Å². The lowest BCUT2D eigenvalue weighted by molar-refractivity contribution is -0.129. The summed E-state index contributed by atoms with van der Waals surface area (Å²) >= 11 is 1.61. The van der Waals surface area contributed by atoms with Crippen LogP contribution >= 0.6 is 11.3 Å². The molecule has 5 heteroatoms. The van der Waals surface area contributed by atoms with E-state index in [9.17, 15) is 4.79 Å². The van der Waals surface area contributed by atoms with Crippen LogP contribution in [0.25, 0.3) is 0 Å². The molecule has 0 unspecified atom stereocenters. The SMILES string of the molecule is CCc1nnc(CNC(=O)CC23CC4CC(CC(C4)C2)C3)s1. The van der Waals surface area contributed by atoms with Crippen LogP contribution in [-0.4, -0.2) is 16.1 Å². The van der Waals surface area contributed by atoms with Crippen LogP contribution in [0.3, 0.4) is 0 Å². The van der Waals surface area contributed by atoms with Gasteiger partial charge in [-0.25, -0.2) is 0 Å². The first-order valence-electron chi connectivity index (χ1n) is 8.72. The lowest BCUT2D eigenvalue weighted by atomic mass is 9.49. The van der Waals surface area contributed by atoms with Gasteiger partial charge >= 0.3 is 0 Å². The summed E-state index contributed by atoms with van der Waals surface area (Å²) in [5.74, 6) is 2.95. The molecule has 4 bridgehead atoms. The Hall–Kier alpha value is -0.970. The van der Waals surface area contributed by atoms with E-state index in [1.807, 2.05) is 0 Å². The molecule has 5 rings (SSSR count). The zero-order chi connectivity index (χ0) is 15.2. The summed E-state index contributed by atoms with van der Waals surface area (Å²) in [6.07, 6.45) is 9.85. The molecular weight excluding hydrogens is 294 g/mol. The van der Waals surface area contributed by atoms with Crippen LogP contribution in [0, 0.1) is 23.2 Å². The summed E-state index contributed by atoms with van der Waals surface area (Å²) in [6, 6.07) is 0. The van der Waals surface area contributed by atoms with Crippen LogP contribution in [0.1, 0.15) is 61.9 Å². The Morgan fingerprint density at radius 1 is 1.14 bits per heavy atom. The summed E-state index contributed by atoms with van der Waals surface area (Å²) in [5, 5.41) is 13.3. The smallest absolute Gasteiger partial charge is 0.220 e. The zero-order valence-corrected chi connectivity index (χ0v) is 14.1. The molecule has 0 radical (unpaired) electrons. The van der Waals surface area contributed by atoms with Crippen molar-refractivity contribution in [2.24, 2.45) is 23.2 Å². The zero-order valence-electron chi connectivity index (χ0n) is 13.3. The fraction of sp³-hybridized carbons (Fsp3) is 0.824. The van der Waals surface area contributed by atoms with Gasteiger partial charge in [0, 0.05) is 6.42 Å². The third-order valence-corrected chi connectivity index (χ3v) is 7.02. The molecule has 1 aromatic rings. The van der Waals surface area contributed by atoms with Gasteiger partial charge in [-0.05, 0) is 68.1 Å². The molecule has 4 saturated carbocycles. The first-order chi connectivity index (χ1) is 10.6. The van der Waals surface area contributed by atoms with Gasteiger partial charge < -0.3 is 5.32 Å². The first-order valence-corrected chi connectivity index (χ1v) is 9.54. The molecule has 0 saturated heterocycles. The molecule has 120 valence electrons. The molecule has 0 atom stereocenters. The topological polar surface area (TPSA) is 54.9 Å². The number of aryl methyl sites for hydroxylation is 1. The van der Waals surface area contributed by atoms with Crippen LogP contribution in [0.2, 0.25) is 0 Å². The second-order valence-electron chi connectivity index (χ2n) is 7.81. The highest BCUT2D eigenvalue weighted by atomic mass is 32.1. The highest BCUT2D eigenvalue weighted by molar-refractivity contribution is 7.11. The van der Waals surface area contributed by atoms with Gasteiger partial charge in [-0.3, -0.25) is 4.79 Å². The molecule has 1 amide bonds. The van der Waals surface area contributed by atoms with E-state index in [0.717, 1.165) is 40.6 Å². The quantitative estimate of drug-likeness (QED) is 0.906. The number of carbonyl (C=O) groups is 1. The third kappa shape index (κ3) is 2.80. The maximum absolute atomic E-state index is 12.4. The van der Waals surface area contributed by atoms with Gasteiger partial charge in [-0.1, -0.05) is 18.3 Å². The number of rotatable bonds is 5. The molecule has 4 aliphatic carbocycles. The summed E-state index contributed by atoms with van der Waals surface area (Å²) < 4.78 is 0. The first kappa shape index (κ1) is 14.6. The standard InChI is InChI=1S/C17H25N3OS/c1-2-15-19-20-16(22-15)10-18-14(21)9-17-6-11-3-12(7-17)5-13(4-11)8-17/h11-13H,2-10H2,1H3,(H,18,21). The molecule has 1 aromatic heterocycles. The van der Waals surface area contributed by atoms with E-state index < -0.39 is 0 Å². The van der Waals surface area contributed by atoms with E-state index in [-0.39, 0.29) is 5.91 Å². The normalized spacial score (nSPS) is 35.8. The Bertz CT molecular complexity index is 533. The number of aromatic nitrogens is 2. The lowest BCUT2D eigenvalue weighted by Crippen LogP contribution is -2.47. The van der Waals surface area contributed by atoms with Crippen molar-refractivity contribution in [3.8, 4) is 0 Å². The second kappa shape index (κ2) is 5.59. The number of carbonyl (C=O) groups excluding carboxylic acids is 1. The van der Waals surface area contributed by atoms with E-state index >= 15 is 0 Å². The van der Waals surface area contributed by atoms with Gasteiger partial charge in [0.1, 0.15) is 10.0 Å². The van der Waals surface area contributed by atoms with Crippen molar-refractivity contribution >= 4 is 17.2 Å². The van der Waals surface area contributed by atoms with Crippen molar-refractivity contribution < 1.29 is 4.79 Å². The van der Waals surface area contributed by atoms with Crippen molar-refractivity contribution in [3.05, 3.63) is 10.0 Å². The maximum atomic E-state index is 12.4. The van der Waals surface area contributed by atoms with Gasteiger partial charge in [-0.2, -0.15) is 0 Å². The molecule has 4 fully saturated rings. The van der Waals surface area contributed by atoms with Gasteiger partial charge in [0.2, 0.25) is 5.91 Å². The second-order valence-corrected chi connectivity index (χ2v) is 8.96. The predicted octanol–water partition coefficient (Wildman–Crippen LogP) is 3.32. The number of hydrogen-bond donors (Lipinski definition) is 1. The average molecular weight is 319 g/mol. The Balaban J connectivity index is 1.34.